The van der Waals surface area contributed by atoms with Crippen LogP contribution in [0.2, 0.25) is 5.02 Å². The Morgan fingerprint density at radius 2 is 1.88 bits per heavy atom. The summed E-state index contributed by atoms with van der Waals surface area (Å²) < 4.78 is 16.9. The zero-order valence-corrected chi connectivity index (χ0v) is 15.9. The average molecular weight is 391 g/mol. The van der Waals surface area contributed by atoms with Gasteiger partial charge in [0, 0.05) is 10.8 Å². The van der Waals surface area contributed by atoms with Crippen molar-refractivity contribution in [3.05, 3.63) is 65.0 Å². The molecule has 0 atom stereocenters. The molecule has 2 aromatic carbocycles. The van der Waals surface area contributed by atoms with Crippen LogP contribution in [0.25, 0.3) is 0 Å². The highest BCUT2D eigenvalue weighted by molar-refractivity contribution is 7.99. The van der Waals surface area contributed by atoms with Gasteiger partial charge in [0.25, 0.3) is 11.1 Å². The van der Waals surface area contributed by atoms with Crippen molar-refractivity contribution in [1.82, 2.24) is 10.2 Å². The summed E-state index contributed by atoms with van der Waals surface area (Å²) in [7, 11) is 0. The van der Waals surface area contributed by atoms with Crippen LogP contribution in [-0.2, 0) is 13.0 Å². The van der Waals surface area contributed by atoms with Gasteiger partial charge in [-0.15, -0.1) is 10.2 Å². The molecule has 3 rings (SSSR count). The third-order valence-corrected chi connectivity index (χ3v) is 4.54. The summed E-state index contributed by atoms with van der Waals surface area (Å²) in [6, 6.07) is 15.2. The molecule has 0 fully saturated rings. The van der Waals surface area contributed by atoms with Gasteiger partial charge < -0.3 is 13.9 Å². The highest BCUT2D eigenvalue weighted by Gasteiger charge is 2.08. The molecule has 0 aliphatic rings. The number of aryl methyl sites for hydroxylation is 1. The van der Waals surface area contributed by atoms with Crippen LogP contribution >= 0.6 is 23.4 Å². The van der Waals surface area contributed by atoms with Gasteiger partial charge in [-0.25, -0.2) is 0 Å². The Hall–Kier alpha value is -2.18. The lowest BCUT2D eigenvalue weighted by Crippen LogP contribution is -2.00. The fourth-order valence-electron chi connectivity index (χ4n) is 2.17. The molecule has 0 aliphatic carbocycles. The molecule has 0 unspecified atom stereocenters. The molecule has 0 radical (unpaired) electrons. The van der Waals surface area contributed by atoms with Crippen LogP contribution in [0, 0.1) is 0 Å². The molecule has 0 saturated carbocycles. The average Bonchev–Trinajstić information content (AvgIpc) is 3.13. The first-order valence-electron chi connectivity index (χ1n) is 8.28. The Balaban J connectivity index is 1.40. The second kappa shape index (κ2) is 9.50. The number of nitrogens with zero attached hydrogens (tertiary/aromatic N) is 2. The van der Waals surface area contributed by atoms with Crippen molar-refractivity contribution in [3.8, 4) is 11.5 Å². The molecule has 1 heterocycles. The predicted octanol–water partition coefficient (Wildman–Crippen LogP) is 5.04. The minimum atomic E-state index is 0.218. The van der Waals surface area contributed by atoms with E-state index in [1.165, 1.54) is 17.3 Å². The maximum Gasteiger partial charge on any atom is 0.276 e. The van der Waals surface area contributed by atoms with Crippen LogP contribution in [0.15, 0.2) is 58.2 Å². The lowest BCUT2D eigenvalue weighted by Gasteiger charge is -2.06. The van der Waals surface area contributed by atoms with Gasteiger partial charge in [-0.05, 0) is 48.4 Å². The summed E-state index contributed by atoms with van der Waals surface area (Å²) in [5, 5.41) is 9.15. The summed E-state index contributed by atoms with van der Waals surface area (Å²) in [5.74, 6) is 2.73. The van der Waals surface area contributed by atoms with E-state index in [2.05, 4.69) is 29.3 Å². The zero-order valence-electron chi connectivity index (χ0n) is 14.4. The van der Waals surface area contributed by atoms with Gasteiger partial charge >= 0.3 is 0 Å². The first kappa shape index (κ1) is 18.6. The molecular formula is C19H19ClN2O3S. The molecule has 3 aromatic rings. The zero-order chi connectivity index (χ0) is 18.2. The fourth-order valence-corrected chi connectivity index (χ4v) is 2.90. The lowest BCUT2D eigenvalue weighted by atomic mass is 10.2. The largest absolute Gasteiger partial charge is 0.493 e. The third-order valence-electron chi connectivity index (χ3n) is 3.51. The van der Waals surface area contributed by atoms with Gasteiger partial charge in [-0.1, -0.05) is 42.4 Å². The fraction of sp³-hybridized carbons (Fsp3) is 0.263. The van der Waals surface area contributed by atoms with E-state index in [1.54, 1.807) is 24.3 Å². The van der Waals surface area contributed by atoms with Crippen molar-refractivity contribution in [3.63, 3.8) is 0 Å². The number of hydrogen-bond acceptors (Lipinski definition) is 6. The van der Waals surface area contributed by atoms with Crippen molar-refractivity contribution >= 4 is 23.4 Å². The van der Waals surface area contributed by atoms with Gasteiger partial charge in [-0.3, -0.25) is 0 Å². The van der Waals surface area contributed by atoms with Crippen molar-refractivity contribution in [2.24, 2.45) is 0 Å². The van der Waals surface area contributed by atoms with E-state index in [1.807, 2.05) is 12.1 Å². The number of halogens is 1. The molecule has 1 aromatic heterocycles. The molecule has 7 heteroatoms. The topological polar surface area (TPSA) is 57.4 Å². The SMILES string of the molecule is CCc1cccc(OCCSc2nnc(COc3ccc(Cl)cc3)o2)c1. The van der Waals surface area contributed by atoms with Crippen LogP contribution < -0.4 is 9.47 Å². The van der Waals surface area contributed by atoms with E-state index in [-0.39, 0.29) is 6.61 Å². The van der Waals surface area contributed by atoms with Crippen LogP contribution in [0.3, 0.4) is 0 Å². The summed E-state index contributed by atoms with van der Waals surface area (Å²) in [6.07, 6.45) is 0.995. The standard InChI is InChI=1S/C19H19ClN2O3S/c1-2-14-4-3-5-17(12-14)23-10-11-26-19-22-21-18(25-19)13-24-16-8-6-15(20)7-9-16/h3-9,12H,2,10-11,13H2,1H3. The summed E-state index contributed by atoms with van der Waals surface area (Å²) in [4.78, 5) is 0. The summed E-state index contributed by atoms with van der Waals surface area (Å²) >= 11 is 7.29. The monoisotopic (exact) mass is 390 g/mol. The first-order valence-corrected chi connectivity index (χ1v) is 9.64. The number of thioether (sulfide) groups is 1. The molecule has 26 heavy (non-hydrogen) atoms. The quantitative estimate of drug-likeness (QED) is 0.377. The lowest BCUT2D eigenvalue weighted by molar-refractivity contribution is 0.252. The molecular weight excluding hydrogens is 372 g/mol. The smallest absolute Gasteiger partial charge is 0.276 e. The Morgan fingerprint density at radius 3 is 2.69 bits per heavy atom. The third kappa shape index (κ3) is 5.68. The van der Waals surface area contributed by atoms with Crippen molar-refractivity contribution in [1.29, 1.82) is 0 Å². The van der Waals surface area contributed by atoms with E-state index < -0.39 is 0 Å². The highest BCUT2D eigenvalue weighted by atomic mass is 35.5. The molecule has 0 N–H and O–H groups in total. The molecule has 0 amide bonds. The second-order valence-electron chi connectivity index (χ2n) is 5.40. The van der Waals surface area contributed by atoms with Crippen LogP contribution in [0.5, 0.6) is 11.5 Å². The molecule has 136 valence electrons. The highest BCUT2D eigenvalue weighted by Crippen LogP contribution is 2.20. The molecule has 0 bridgehead atoms. The van der Waals surface area contributed by atoms with E-state index in [0.717, 1.165) is 17.9 Å². The Bertz CT molecular complexity index is 824. The van der Waals surface area contributed by atoms with Crippen molar-refractivity contribution < 1.29 is 13.9 Å². The van der Waals surface area contributed by atoms with E-state index in [0.29, 0.717) is 28.5 Å². The van der Waals surface area contributed by atoms with Gasteiger partial charge in [0.05, 0.1) is 6.61 Å². The first-order chi connectivity index (χ1) is 12.7. The molecule has 0 spiro atoms. The van der Waals surface area contributed by atoms with Gasteiger partial charge in [-0.2, -0.15) is 0 Å². The minimum Gasteiger partial charge on any atom is -0.493 e. The Labute approximate surface area is 161 Å². The molecule has 0 aliphatic heterocycles. The minimum absolute atomic E-state index is 0.218. The van der Waals surface area contributed by atoms with Gasteiger partial charge in [0.15, 0.2) is 6.61 Å². The van der Waals surface area contributed by atoms with E-state index >= 15 is 0 Å². The summed E-state index contributed by atoms with van der Waals surface area (Å²) in [6.45, 7) is 2.91. The maximum absolute atomic E-state index is 5.84. The number of benzene rings is 2. The van der Waals surface area contributed by atoms with Crippen LogP contribution in [-0.4, -0.2) is 22.6 Å². The van der Waals surface area contributed by atoms with Crippen molar-refractivity contribution in [2.45, 2.75) is 25.2 Å². The summed E-state index contributed by atoms with van der Waals surface area (Å²) in [5.41, 5.74) is 1.26. The van der Waals surface area contributed by atoms with Gasteiger partial charge in [0.2, 0.25) is 0 Å². The number of rotatable bonds is 9. The van der Waals surface area contributed by atoms with Gasteiger partial charge in [0.1, 0.15) is 11.5 Å². The van der Waals surface area contributed by atoms with E-state index in [9.17, 15) is 0 Å². The Morgan fingerprint density at radius 1 is 1.04 bits per heavy atom. The number of hydrogen-bond donors (Lipinski definition) is 0. The van der Waals surface area contributed by atoms with Crippen LogP contribution in [0.4, 0.5) is 0 Å². The Kier molecular flexibility index (Phi) is 6.80. The second-order valence-corrected chi connectivity index (χ2v) is 6.88. The number of aromatic nitrogens is 2. The predicted molar refractivity (Wildman–Crippen MR) is 102 cm³/mol. The maximum atomic E-state index is 5.84. The molecule has 0 saturated heterocycles. The normalized spacial score (nSPS) is 10.7. The molecule has 5 nitrogen and oxygen atoms in total. The number of ether oxygens (including phenoxy) is 2. The van der Waals surface area contributed by atoms with Crippen molar-refractivity contribution in [2.75, 3.05) is 12.4 Å². The van der Waals surface area contributed by atoms with Crippen LogP contribution in [0.1, 0.15) is 18.4 Å². The van der Waals surface area contributed by atoms with E-state index in [4.69, 9.17) is 25.5 Å².